The van der Waals surface area contributed by atoms with Crippen molar-refractivity contribution in [2.45, 2.75) is 25.8 Å². The number of aryl methyl sites for hydroxylation is 1. The first-order chi connectivity index (χ1) is 10.6. The van der Waals surface area contributed by atoms with Gasteiger partial charge in [0.15, 0.2) is 6.61 Å². The van der Waals surface area contributed by atoms with Gasteiger partial charge >= 0.3 is 5.97 Å². The first-order valence-corrected chi connectivity index (χ1v) is 7.41. The molecule has 1 aromatic carbocycles. The summed E-state index contributed by atoms with van der Waals surface area (Å²) in [6.07, 6.45) is 0.709. The van der Waals surface area contributed by atoms with Gasteiger partial charge in [-0.25, -0.2) is 0 Å². The zero-order chi connectivity index (χ0) is 15.9. The van der Waals surface area contributed by atoms with Crippen molar-refractivity contribution in [1.82, 2.24) is 4.90 Å². The molecule has 1 aliphatic rings. The van der Waals surface area contributed by atoms with Gasteiger partial charge in [-0.15, -0.1) is 0 Å². The van der Waals surface area contributed by atoms with Crippen LogP contribution in [0.25, 0.3) is 0 Å². The number of hydrogen-bond donors (Lipinski definition) is 1. The Labute approximate surface area is 129 Å². The second-order valence-electron chi connectivity index (χ2n) is 5.16. The zero-order valence-corrected chi connectivity index (χ0v) is 12.7. The van der Waals surface area contributed by atoms with E-state index in [1.165, 1.54) is 0 Å². The number of carboxylic acids is 1. The summed E-state index contributed by atoms with van der Waals surface area (Å²) in [4.78, 5) is 24.7. The number of carboxylic acid groups (broad SMARTS) is 1. The summed E-state index contributed by atoms with van der Waals surface area (Å²) in [5.74, 6) is -0.451. The van der Waals surface area contributed by atoms with Crippen LogP contribution in [0.1, 0.15) is 18.9 Å². The summed E-state index contributed by atoms with van der Waals surface area (Å²) in [7, 11) is 0. The Hall–Kier alpha value is -2.08. The van der Waals surface area contributed by atoms with E-state index in [4.69, 9.17) is 14.6 Å². The SMILES string of the molecule is CCc1ccccc1OCC(=O)N1CCOCC1CC(=O)O. The minimum Gasteiger partial charge on any atom is -0.483 e. The summed E-state index contributed by atoms with van der Waals surface area (Å²) in [6, 6.07) is 7.16. The van der Waals surface area contributed by atoms with Crippen LogP contribution in [0, 0.1) is 0 Å². The van der Waals surface area contributed by atoms with Crippen molar-refractivity contribution >= 4 is 11.9 Å². The molecule has 0 spiro atoms. The molecule has 0 aromatic heterocycles. The van der Waals surface area contributed by atoms with Gasteiger partial charge < -0.3 is 19.5 Å². The van der Waals surface area contributed by atoms with E-state index < -0.39 is 12.0 Å². The molecule has 2 rings (SSSR count). The standard InChI is InChI=1S/C16H21NO5/c1-2-12-5-3-4-6-14(12)22-11-15(18)17-7-8-21-10-13(17)9-16(19)20/h3-6,13H,2,7-11H2,1H3,(H,19,20). The quantitative estimate of drug-likeness (QED) is 0.858. The third-order valence-corrected chi connectivity index (χ3v) is 3.66. The fourth-order valence-corrected chi connectivity index (χ4v) is 2.51. The normalized spacial score (nSPS) is 18.0. The van der Waals surface area contributed by atoms with Gasteiger partial charge in [0.05, 0.1) is 25.7 Å². The molecule has 0 aliphatic carbocycles. The van der Waals surface area contributed by atoms with Gasteiger partial charge in [0.2, 0.25) is 0 Å². The van der Waals surface area contributed by atoms with Crippen molar-refractivity contribution in [2.75, 3.05) is 26.4 Å². The van der Waals surface area contributed by atoms with E-state index in [0.29, 0.717) is 18.9 Å². The molecule has 1 heterocycles. The molecule has 1 fully saturated rings. The number of morpholine rings is 1. The third-order valence-electron chi connectivity index (χ3n) is 3.66. The Morgan fingerprint density at radius 3 is 2.91 bits per heavy atom. The van der Waals surface area contributed by atoms with Crippen LogP contribution in [-0.4, -0.2) is 54.3 Å². The molecule has 0 radical (unpaired) electrons. The van der Waals surface area contributed by atoms with Crippen LogP contribution in [0.5, 0.6) is 5.75 Å². The van der Waals surface area contributed by atoms with Crippen molar-refractivity contribution in [3.63, 3.8) is 0 Å². The molecule has 1 saturated heterocycles. The molecule has 1 atom stereocenters. The van der Waals surface area contributed by atoms with E-state index in [-0.39, 0.29) is 25.5 Å². The van der Waals surface area contributed by atoms with E-state index in [2.05, 4.69) is 0 Å². The van der Waals surface area contributed by atoms with E-state index in [0.717, 1.165) is 12.0 Å². The zero-order valence-electron chi connectivity index (χ0n) is 12.7. The van der Waals surface area contributed by atoms with Gasteiger partial charge in [0, 0.05) is 6.54 Å². The van der Waals surface area contributed by atoms with Gasteiger partial charge in [-0.3, -0.25) is 9.59 Å². The molecule has 0 saturated carbocycles. The molecular formula is C16H21NO5. The van der Waals surface area contributed by atoms with Crippen molar-refractivity contribution in [1.29, 1.82) is 0 Å². The number of carbonyl (C=O) groups excluding carboxylic acids is 1. The molecule has 22 heavy (non-hydrogen) atoms. The summed E-state index contributed by atoms with van der Waals surface area (Å²) in [5.41, 5.74) is 1.04. The number of benzene rings is 1. The van der Waals surface area contributed by atoms with Crippen LogP contribution >= 0.6 is 0 Å². The summed E-state index contributed by atoms with van der Waals surface area (Å²) in [5, 5.41) is 8.92. The number of aliphatic carboxylic acids is 1. The lowest BCUT2D eigenvalue weighted by molar-refractivity contribution is -0.147. The van der Waals surface area contributed by atoms with Crippen molar-refractivity contribution in [2.24, 2.45) is 0 Å². The Balaban J connectivity index is 1.96. The Kier molecular flexibility index (Phi) is 5.77. The fourth-order valence-electron chi connectivity index (χ4n) is 2.51. The molecule has 1 amide bonds. The van der Waals surface area contributed by atoms with E-state index in [1.807, 2.05) is 31.2 Å². The minimum atomic E-state index is -0.939. The maximum atomic E-state index is 12.3. The largest absolute Gasteiger partial charge is 0.483 e. The number of para-hydroxylation sites is 1. The number of carbonyl (C=O) groups is 2. The monoisotopic (exact) mass is 307 g/mol. The molecule has 120 valence electrons. The highest BCUT2D eigenvalue weighted by molar-refractivity contribution is 5.79. The second-order valence-corrected chi connectivity index (χ2v) is 5.16. The Morgan fingerprint density at radius 1 is 1.41 bits per heavy atom. The highest BCUT2D eigenvalue weighted by atomic mass is 16.5. The van der Waals surface area contributed by atoms with Crippen LogP contribution in [0.3, 0.4) is 0 Å². The van der Waals surface area contributed by atoms with Crippen LogP contribution in [-0.2, 0) is 20.7 Å². The molecule has 1 aliphatic heterocycles. The van der Waals surface area contributed by atoms with Gasteiger partial charge in [-0.1, -0.05) is 25.1 Å². The van der Waals surface area contributed by atoms with Crippen LogP contribution in [0.2, 0.25) is 0 Å². The van der Waals surface area contributed by atoms with Crippen LogP contribution in [0.4, 0.5) is 0 Å². The molecule has 6 nitrogen and oxygen atoms in total. The lowest BCUT2D eigenvalue weighted by atomic mass is 10.1. The number of amides is 1. The van der Waals surface area contributed by atoms with Crippen molar-refractivity contribution in [3.05, 3.63) is 29.8 Å². The molecule has 1 N–H and O–H groups in total. The summed E-state index contributed by atoms with van der Waals surface area (Å²) < 4.78 is 10.9. The van der Waals surface area contributed by atoms with E-state index in [9.17, 15) is 9.59 Å². The first kappa shape index (κ1) is 16.3. The van der Waals surface area contributed by atoms with Crippen LogP contribution < -0.4 is 4.74 Å². The lowest BCUT2D eigenvalue weighted by Crippen LogP contribution is -2.51. The number of ether oxygens (including phenoxy) is 2. The maximum Gasteiger partial charge on any atom is 0.305 e. The van der Waals surface area contributed by atoms with Gasteiger partial charge in [0.25, 0.3) is 5.91 Å². The van der Waals surface area contributed by atoms with Gasteiger partial charge in [0.1, 0.15) is 5.75 Å². The molecular weight excluding hydrogens is 286 g/mol. The maximum absolute atomic E-state index is 12.3. The number of nitrogens with zero attached hydrogens (tertiary/aromatic N) is 1. The Morgan fingerprint density at radius 2 is 2.18 bits per heavy atom. The average Bonchev–Trinajstić information content (AvgIpc) is 2.52. The average molecular weight is 307 g/mol. The van der Waals surface area contributed by atoms with Crippen LogP contribution in [0.15, 0.2) is 24.3 Å². The highest BCUT2D eigenvalue weighted by Gasteiger charge is 2.29. The van der Waals surface area contributed by atoms with Gasteiger partial charge in [-0.05, 0) is 18.1 Å². The predicted molar refractivity (Wildman–Crippen MR) is 79.9 cm³/mol. The highest BCUT2D eigenvalue weighted by Crippen LogP contribution is 2.19. The summed E-state index contributed by atoms with van der Waals surface area (Å²) >= 11 is 0. The molecule has 6 heteroatoms. The third kappa shape index (κ3) is 4.21. The number of hydrogen-bond acceptors (Lipinski definition) is 4. The topological polar surface area (TPSA) is 76.1 Å². The smallest absolute Gasteiger partial charge is 0.305 e. The summed E-state index contributed by atoms with van der Waals surface area (Å²) in [6.45, 7) is 3.01. The molecule has 1 aromatic rings. The first-order valence-electron chi connectivity index (χ1n) is 7.41. The predicted octanol–water partition coefficient (Wildman–Crippen LogP) is 1.33. The molecule has 0 bridgehead atoms. The minimum absolute atomic E-state index is 0.0901. The number of rotatable bonds is 6. The fraction of sp³-hybridized carbons (Fsp3) is 0.500. The van der Waals surface area contributed by atoms with Crippen molar-refractivity contribution in [3.8, 4) is 5.75 Å². The van der Waals surface area contributed by atoms with E-state index in [1.54, 1.807) is 4.90 Å². The lowest BCUT2D eigenvalue weighted by Gasteiger charge is -2.34. The van der Waals surface area contributed by atoms with Crippen molar-refractivity contribution < 1.29 is 24.2 Å². The second kappa shape index (κ2) is 7.79. The van der Waals surface area contributed by atoms with Gasteiger partial charge in [-0.2, -0.15) is 0 Å². The Bertz CT molecular complexity index is 531. The molecule has 1 unspecified atom stereocenters. The van der Waals surface area contributed by atoms with E-state index >= 15 is 0 Å².